The van der Waals surface area contributed by atoms with E-state index in [1.165, 1.54) is 0 Å². The first kappa shape index (κ1) is 15.2. The summed E-state index contributed by atoms with van der Waals surface area (Å²) < 4.78 is 11.4. The molecule has 0 aliphatic carbocycles. The first-order valence-electron chi connectivity index (χ1n) is 8.02. The fourth-order valence-corrected chi connectivity index (χ4v) is 2.85. The molecule has 0 amide bonds. The standard InChI is InChI=1S/C20H15N3O2/c21-12-15-4-5-16(20-17(15)8-11-24-20)13-25-19-3-1-2-18(23-19)14-6-9-22-10-7-14/h1-6,8,10-11H,7,9,13H2. The molecule has 25 heavy (non-hydrogen) atoms. The fraction of sp³-hybridized carbons (Fsp3) is 0.150. The topological polar surface area (TPSA) is 71.4 Å². The molecule has 0 spiro atoms. The van der Waals surface area contributed by atoms with Crippen LogP contribution in [0, 0.1) is 11.3 Å². The van der Waals surface area contributed by atoms with Crippen LogP contribution in [-0.2, 0) is 6.61 Å². The van der Waals surface area contributed by atoms with Gasteiger partial charge in [0.2, 0.25) is 5.88 Å². The van der Waals surface area contributed by atoms with Crippen LogP contribution in [0.25, 0.3) is 16.5 Å². The van der Waals surface area contributed by atoms with Gasteiger partial charge in [0.1, 0.15) is 12.2 Å². The number of rotatable bonds is 4. The van der Waals surface area contributed by atoms with Gasteiger partial charge in [-0.15, -0.1) is 0 Å². The lowest BCUT2D eigenvalue weighted by Crippen LogP contribution is -2.01. The van der Waals surface area contributed by atoms with Crippen molar-refractivity contribution >= 4 is 22.8 Å². The van der Waals surface area contributed by atoms with Crippen LogP contribution in [0.4, 0.5) is 0 Å². The normalized spacial score (nSPS) is 13.5. The third kappa shape index (κ3) is 3.02. The molecule has 5 nitrogen and oxygen atoms in total. The van der Waals surface area contributed by atoms with Gasteiger partial charge in [-0.1, -0.05) is 18.2 Å². The Morgan fingerprint density at radius 1 is 1.20 bits per heavy atom. The number of allylic oxidation sites excluding steroid dienone is 1. The van der Waals surface area contributed by atoms with Gasteiger partial charge in [0, 0.05) is 29.7 Å². The van der Waals surface area contributed by atoms with E-state index in [1.54, 1.807) is 18.4 Å². The van der Waals surface area contributed by atoms with Crippen molar-refractivity contribution in [3.63, 3.8) is 0 Å². The molecule has 0 unspecified atom stereocenters. The monoisotopic (exact) mass is 329 g/mol. The van der Waals surface area contributed by atoms with Gasteiger partial charge in [-0.3, -0.25) is 4.99 Å². The van der Waals surface area contributed by atoms with Gasteiger partial charge in [0.15, 0.2) is 0 Å². The quantitative estimate of drug-likeness (QED) is 0.721. The second-order valence-electron chi connectivity index (χ2n) is 5.68. The zero-order chi connectivity index (χ0) is 17.1. The number of nitrogens with zero attached hydrogens (tertiary/aromatic N) is 3. The summed E-state index contributed by atoms with van der Waals surface area (Å²) in [5.74, 6) is 0.560. The number of furan rings is 1. The summed E-state index contributed by atoms with van der Waals surface area (Å²) in [5, 5.41) is 9.96. The molecule has 0 atom stereocenters. The second kappa shape index (κ2) is 6.62. The number of hydrogen-bond donors (Lipinski definition) is 0. The molecule has 1 aromatic carbocycles. The highest BCUT2D eigenvalue weighted by Gasteiger charge is 2.11. The predicted molar refractivity (Wildman–Crippen MR) is 95.5 cm³/mol. The van der Waals surface area contributed by atoms with E-state index in [2.05, 4.69) is 22.1 Å². The van der Waals surface area contributed by atoms with Crippen LogP contribution < -0.4 is 4.74 Å². The molecule has 122 valence electrons. The third-order valence-corrected chi connectivity index (χ3v) is 4.13. The first-order valence-corrected chi connectivity index (χ1v) is 8.02. The molecule has 5 heteroatoms. The average Bonchev–Trinajstić information content (AvgIpc) is 3.17. The number of pyridine rings is 1. The van der Waals surface area contributed by atoms with Gasteiger partial charge in [0.05, 0.1) is 30.1 Å². The molecule has 0 saturated heterocycles. The van der Waals surface area contributed by atoms with Crippen LogP contribution in [0.2, 0.25) is 0 Å². The van der Waals surface area contributed by atoms with Crippen molar-refractivity contribution in [1.82, 2.24) is 4.98 Å². The van der Waals surface area contributed by atoms with Crippen molar-refractivity contribution in [2.45, 2.75) is 13.0 Å². The van der Waals surface area contributed by atoms with E-state index in [1.807, 2.05) is 30.5 Å². The van der Waals surface area contributed by atoms with Crippen LogP contribution >= 0.6 is 0 Å². The SMILES string of the molecule is N#Cc1ccc(COc2cccc(C3=CCN=CC3)n2)c2occc12. The van der Waals surface area contributed by atoms with Crippen molar-refractivity contribution < 1.29 is 9.15 Å². The number of dihydropyridines is 1. The molecule has 0 saturated carbocycles. The fourth-order valence-electron chi connectivity index (χ4n) is 2.85. The largest absolute Gasteiger partial charge is 0.473 e. The lowest BCUT2D eigenvalue weighted by molar-refractivity contribution is 0.293. The zero-order valence-electron chi connectivity index (χ0n) is 13.5. The molecular weight excluding hydrogens is 314 g/mol. The van der Waals surface area contributed by atoms with Crippen LogP contribution in [-0.4, -0.2) is 17.7 Å². The Hall–Kier alpha value is -3.39. The Labute approximate surface area is 144 Å². The molecule has 3 heterocycles. The van der Waals surface area contributed by atoms with Gasteiger partial charge in [0.25, 0.3) is 0 Å². The van der Waals surface area contributed by atoms with Gasteiger partial charge < -0.3 is 9.15 Å². The van der Waals surface area contributed by atoms with Crippen molar-refractivity contribution in [3.8, 4) is 11.9 Å². The van der Waals surface area contributed by atoms with E-state index < -0.39 is 0 Å². The minimum absolute atomic E-state index is 0.326. The Morgan fingerprint density at radius 2 is 2.16 bits per heavy atom. The van der Waals surface area contributed by atoms with Crippen LogP contribution in [0.3, 0.4) is 0 Å². The minimum atomic E-state index is 0.326. The summed E-state index contributed by atoms with van der Waals surface area (Å²) in [7, 11) is 0. The number of fused-ring (bicyclic) bond motifs is 1. The van der Waals surface area contributed by atoms with Crippen molar-refractivity contribution in [3.05, 3.63) is 65.6 Å². The molecule has 0 fully saturated rings. The van der Waals surface area contributed by atoms with E-state index >= 15 is 0 Å². The van der Waals surface area contributed by atoms with Gasteiger partial charge >= 0.3 is 0 Å². The molecule has 4 rings (SSSR count). The van der Waals surface area contributed by atoms with Gasteiger partial charge in [-0.05, 0) is 23.8 Å². The summed E-state index contributed by atoms with van der Waals surface area (Å²) in [6.45, 7) is 1.02. The number of aromatic nitrogens is 1. The molecule has 0 bridgehead atoms. The van der Waals surface area contributed by atoms with E-state index in [9.17, 15) is 0 Å². The average molecular weight is 329 g/mol. The van der Waals surface area contributed by atoms with Crippen molar-refractivity contribution in [1.29, 1.82) is 5.26 Å². The summed E-state index contributed by atoms with van der Waals surface area (Å²) in [6, 6.07) is 13.4. The number of aliphatic imine (C=N–C) groups is 1. The summed E-state index contributed by atoms with van der Waals surface area (Å²) in [5.41, 5.74) is 4.23. The second-order valence-corrected chi connectivity index (χ2v) is 5.68. The Bertz CT molecular complexity index is 1020. The predicted octanol–water partition coefficient (Wildman–Crippen LogP) is 4.14. The Kier molecular flexibility index (Phi) is 4.01. The van der Waals surface area contributed by atoms with E-state index in [4.69, 9.17) is 14.4 Å². The summed E-state index contributed by atoms with van der Waals surface area (Å²) in [4.78, 5) is 8.77. The smallest absolute Gasteiger partial charge is 0.214 e. The Balaban J connectivity index is 1.55. The maximum absolute atomic E-state index is 9.16. The summed E-state index contributed by atoms with van der Waals surface area (Å²) >= 11 is 0. The first-order chi connectivity index (χ1) is 12.3. The number of benzene rings is 1. The van der Waals surface area contributed by atoms with E-state index in [0.717, 1.165) is 28.6 Å². The van der Waals surface area contributed by atoms with Crippen LogP contribution in [0.15, 0.2) is 58.1 Å². The van der Waals surface area contributed by atoms with E-state index in [-0.39, 0.29) is 0 Å². The molecule has 1 aliphatic heterocycles. The maximum atomic E-state index is 9.16. The van der Waals surface area contributed by atoms with E-state index in [0.29, 0.717) is 30.2 Å². The van der Waals surface area contributed by atoms with Crippen LogP contribution in [0.5, 0.6) is 5.88 Å². The number of ether oxygens (including phenoxy) is 1. The molecule has 1 aliphatic rings. The maximum Gasteiger partial charge on any atom is 0.214 e. The van der Waals surface area contributed by atoms with Crippen molar-refractivity contribution in [2.75, 3.05) is 6.54 Å². The molecule has 0 N–H and O–H groups in total. The van der Waals surface area contributed by atoms with Gasteiger partial charge in [-0.2, -0.15) is 5.26 Å². The van der Waals surface area contributed by atoms with Crippen molar-refractivity contribution in [2.24, 2.45) is 4.99 Å². The highest BCUT2D eigenvalue weighted by Crippen LogP contribution is 2.25. The molecule has 2 aromatic heterocycles. The minimum Gasteiger partial charge on any atom is -0.473 e. The number of hydrogen-bond acceptors (Lipinski definition) is 5. The molecular formula is C20H15N3O2. The molecule has 0 radical (unpaired) electrons. The zero-order valence-corrected chi connectivity index (χ0v) is 13.5. The third-order valence-electron chi connectivity index (χ3n) is 4.13. The van der Waals surface area contributed by atoms with Gasteiger partial charge in [-0.25, -0.2) is 4.98 Å². The lowest BCUT2D eigenvalue weighted by Gasteiger charge is -2.10. The summed E-state index contributed by atoms with van der Waals surface area (Å²) in [6.07, 6.45) is 6.37. The Morgan fingerprint density at radius 3 is 3.00 bits per heavy atom. The number of nitriles is 1. The molecule has 3 aromatic rings. The highest BCUT2D eigenvalue weighted by atomic mass is 16.5. The lowest BCUT2D eigenvalue weighted by atomic mass is 10.1. The highest BCUT2D eigenvalue weighted by molar-refractivity contribution is 5.86. The van der Waals surface area contributed by atoms with Crippen LogP contribution in [0.1, 0.15) is 23.2 Å².